The van der Waals surface area contributed by atoms with Crippen molar-refractivity contribution in [2.75, 3.05) is 6.61 Å². The number of nitrogens with one attached hydrogen (secondary N) is 1. The zero-order valence-electron chi connectivity index (χ0n) is 7.29. The lowest BCUT2D eigenvalue weighted by molar-refractivity contribution is -0.150. The van der Waals surface area contributed by atoms with Gasteiger partial charge in [-0.15, -0.1) is 0 Å². The lowest BCUT2D eigenvalue weighted by Crippen LogP contribution is -2.56. The van der Waals surface area contributed by atoms with Crippen molar-refractivity contribution in [2.24, 2.45) is 0 Å². The molecule has 2 rings (SSSR count). The van der Waals surface area contributed by atoms with Gasteiger partial charge in [0.2, 0.25) is 5.91 Å². The molecule has 0 aromatic carbocycles. The zero-order valence-corrected chi connectivity index (χ0v) is 7.29. The first kappa shape index (κ1) is 8.01. The third kappa shape index (κ3) is 1.32. The van der Waals surface area contributed by atoms with Crippen molar-refractivity contribution in [2.45, 2.75) is 38.2 Å². The number of rotatable bonds is 1. The van der Waals surface area contributed by atoms with Gasteiger partial charge in [0.25, 0.3) is 0 Å². The summed E-state index contributed by atoms with van der Waals surface area (Å²) in [5.74, 6) is -0.376. The second kappa shape index (κ2) is 2.44. The molecule has 0 saturated carbocycles. The Hall–Kier alpha value is -0.610. The summed E-state index contributed by atoms with van der Waals surface area (Å²) in [7, 11) is 0. The SMILES string of the molecule is CC1(C)OC[C@@H]([C@@H]2CC(=O)N2)O1. The first-order valence-corrected chi connectivity index (χ1v) is 4.18. The van der Waals surface area contributed by atoms with Gasteiger partial charge in [-0.2, -0.15) is 0 Å². The number of β-lactam (4-membered cyclic amide) rings is 1. The van der Waals surface area contributed by atoms with Crippen molar-refractivity contribution in [1.82, 2.24) is 5.32 Å². The predicted molar refractivity (Wildman–Crippen MR) is 41.5 cm³/mol. The van der Waals surface area contributed by atoms with Crippen LogP contribution in [0.4, 0.5) is 0 Å². The van der Waals surface area contributed by atoms with E-state index in [1.807, 2.05) is 13.8 Å². The number of amides is 1. The fourth-order valence-electron chi connectivity index (χ4n) is 1.52. The number of carbonyl (C=O) groups is 1. The van der Waals surface area contributed by atoms with E-state index in [0.29, 0.717) is 13.0 Å². The van der Waals surface area contributed by atoms with Gasteiger partial charge in [0.15, 0.2) is 5.79 Å². The highest BCUT2D eigenvalue weighted by atomic mass is 16.7. The summed E-state index contributed by atoms with van der Waals surface area (Å²) < 4.78 is 10.9. The van der Waals surface area contributed by atoms with Crippen molar-refractivity contribution in [3.63, 3.8) is 0 Å². The Bertz CT molecular complexity index is 206. The molecule has 0 unspecified atom stereocenters. The maximum absolute atomic E-state index is 10.6. The van der Waals surface area contributed by atoms with Crippen LogP contribution in [0.15, 0.2) is 0 Å². The summed E-state index contributed by atoms with van der Waals surface area (Å²) in [5, 5.41) is 2.78. The monoisotopic (exact) mass is 171 g/mol. The summed E-state index contributed by atoms with van der Waals surface area (Å²) >= 11 is 0. The van der Waals surface area contributed by atoms with E-state index in [-0.39, 0.29) is 18.1 Å². The minimum absolute atomic E-state index is 0.0395. The fourth-order valence-corrected chi connectivity index (χ4v) is 1.52. The number of hydrogen-bond donors (Lipinski definition) is 1. The zero-order chi connectivity index (χ0) is 8.77. The highest BCUT2D eigenvalue weighted by Gasteiger charge is 2.42. The molecular weight excluding hydrogens is 158 g/mol. The third-order valence-electron chi connectivity index (χ3n) is 2.23. The van der Waals surface area contributed by atoms with Gasteiger partial charge in [-0.05, 0) is 13.8 Å². The van der Waals surface area contributed by atoms with Crippen LogP contribution in [0, 0.1) is 0 Å². The Morgan fingerprint density at radius 1 is 1.58 bits per heavy atom. The average Bonchev–Trinajstić information content (AvgIpc) is 2.23. The van der Waals surface area contributed by atoms with Gasteiger partial charge >= 0.3 is 0 Å². The molecule has 2 aliphatic rings. The summed E-state index contributed by atoms with van der Waals surface area (Å²) in [6.07, 6.45) is 0.613. The molecule has 4 nitrogen and oxygen atoms in total. The minimum Gasteiger partial charge on any atom is -0.350 e. The smallest absolute Gasteiger partial charge is 0.222 e. The molecule has 0 spiro atoms. The Morgan fingerprint density at radius 2 is 2.25 bits per heavy atom. The lowest BCUT2D eigenvalue weighted by Gasteiger charge is -2.31. The Labute approximate surface area is 71.2 Å². The first-order valence-electron chi connectivity index (χ1n) is 4.18. The van der Waals surface area contributed by atoms with Gasteiger partial charge in [0.05, 0.1) is 12.6 Å². The van der Waals surface area contributed by atoms with Crippen molar-refractivity contribution in [3.05, 3.63) is 0 Å². The van der Waals surface area contributed by atoms with Crippen LogP contribution in [0.2, 0.25) is 0 Å². The molecule has 12 heavy (non-hydrogen) atoms. The number of carbonyl (C=O) groups excluding carboxylic acids is 1. The predicted octanol–water partition coefficient (Wildman–Crippen LogP) is 0.0264. The van der Waals surface area contributed by atoms with Crippen LogP contribution in [-0.4, -0.2) is 30.4 Å². The van der Waals surface area contributed by atoms with Crippen molar-refractivity contribution in [1.29, 1.82) is 0 Å². The van der Waals surface area contributed by atoms with Gasteiger partial charge in [0.1, 0.15) is 6.10 Å². The van der Waals surface area contributed by atoms with Crippen LogP contribution < -0.4 is 5.32 Å². The van der Waals surface area contributed by atoms with Crippen molar-refractivity contribution < 1.29 is 14.3 Å². The van der Waals surface area contributed by atoms with Crippen molar-refractivity contribution in [3.8, 4) is 0 Å². The quantitative estimate of drug-likeness (QED) is 0.566. The van der Waals surface area contributed by atoms with E-state index < -0.39 is 5.79 Å². The van der Waals surface area contributed by atoms with Crippen LogP contribution >= 0.6 is 0 Å². The van der Waals surface area contributed by atoms with Crippen LogP contribution in [0.25, 0.3) is 0 Å². The molecule has 0 aliphatic carbocycles. The lowest BCUT2D eigenvalue weighted by atomic mass is 10.0. The highest BCUT2D eigenvalue weighted by molar-refractivity contribution is 5.83. The normalized spacial score (nSPS) is 39.0. The van der Waals surface area contributed by atoms with E-state index in [9.17, 15) is 4.79 Å². The standard InChI is InChI=1S/C8H13NO3/c1-8(2)11-4-6(12-8)5-3-7(10)9-5/h5-6H,3-4H2,1-2H3,(H,9,10)/t5-,6-/m0/s1. The van der Waals surface area contributed by atoms with Gasteiger partial charge in [-0.1, -0.05) is 0 Å². The maximum atomic E-state index is 10.6. The van der Waals surface area contributed by atoms with E-state index in [0.717, 1.165) is 0 Å². The average molecular weight is 171 g/mol. The van der Waals surface area contributed by atoms with E-state index in [1.165, 1.54) is 0 Å². The molecule has 4 heteroatoms. The van der Waals surface area contributed by atoms with E-state index in [4.69, 9.17) is 9.47 Å². The van der Waals surface area contributed by atoms with E-state index >= 15 is 0 Å². The summed E-state index contributed by atoms with van der Waals surface area (Å²) in [5.41, 5.74) is 0. The molecule has 1 N–H and O–H groups in total. The molecule has 0 aromatic rings. The maximum Gasteiger partial charge on any atom is 0.222 e. The number of hydrogen-bond acceptors (Lipinski definition) is 3. The van der Waals surface area contributed by atoms with Gasteiger partial charge in [-0.3, -0.25) is 4.79 Å². The molecule has 68 valence electrons. The molecular formula is C8H13NO3. The minimum atomic E-state index is -0.481. The fraction of sp³-hybridized carbons (Fsp3) is 0.875. The molecule has 0 aromatic heterocycles. The highest BCUT2D eigenvalue weighted by Crippen LogP contribution is 2.27. The molecule has 2 fully saturated rings. The van der Waals surface area contributed by atoms with Crippen LogP contribution in [0.1, 0.15) is 20.3 Å². The van der Waals surface area contributed by atoms with Crippen LogP contribution in [0.3, 0.4) is 0 Å². The van der Waals surface area contributed by atoms with Gasteiger partial charge in [0, 0.05) is 6.42 Å². The van der Waals surface area contributed by atoms with Gasteiger partial charge in [-0.25, -0.2) is 0 Å². The Balaban J connectivity index is 1.88. The van der Waals surface area contributed by atoms with Crippen LogP contribution in [-0.2, 0) is 14.3 Å². The molecule has 2 atom stereocenters. The summed E-state index contributed by atoms with van der Waals surface area (Å²) in [4.78, 5) is 10.6. The Morgan fingerprint density at radius 3 is 2.67 bits per heavy atom. The topological polar surface area (TPSA) is 47.6 Å². The molecule has 2 saturated heterocycles. The third-order valence-corrected chi connectivity index (χ3v) is 2.23. The number of ether oxygens (including phenoxy) is 2. The second-order valence-corrected chi connectivity index (χ2v) is 3.75. The first-order chi connectivity index (χ1) is 5.57. The molecule has 0 bridgehead atoms. The van der Waals surface area contributed by atoms with Gasteiger partial charge < -0.3 is 14.8 Å². The second-order valence-electron chi connectivity index (χ2n) is 3.75. The summed E-state index contributed by atoms with van der Waals surface area (Å²) in [6, 6.07) is 0.166. The molecule has 2 heterocycles. The van der Waals surface area contributed by atoms with Crippen molar-refractivity contribution >= 4 is 5.91 Å². The summed E-state index contributed by atoms with van der Waals surface area (Å²) in [6.45, 7) is 4.35. The van der Waals surface area contributed by atoms with E-state index in [1.54, 1.807) is 0 Å². The van der Waals surface area contributed by atoms with E-state index in [2.05, 4.69) is 5.32 Å². The Kier molecular flexibility index (Phi) is 1.63. The molecule has 2 aliphatic heterocycles. The molecule has 0 radical (unpaired) electrons. The van der Waals surface area contributed by atoms with Crippen LogP contribution in [0.5, 0.6) is 0 Å². The largest absolute Gasteiger partial charge is 0.350 e. The molecule has 1 amide bonds.